The molecule has 0 N–H and O–H groups in total. The summed E-state index contributed by atoms with van der Waals surface area (Å²) in [7, 11) is 48.6. The van der Waals surface area contributed by atoms with E-state index < -0.39 is 0 Å². The Morgan fingerprint density at radius 3 is 0.312 bits per heavy atom. The molecule has 0 saturated heterocycles. The normalized spacial score (nSPS) is 12.1. The first-order chi connectivity index (χ1) is 36.0. The van der Waals surface area contributed by atoms with Crippen molar-refractivity contribution in [2.24, 2.45) is 0 Å². The van der Waals surface area contributed by atoms with E-state index in [1.807, 2.05) is 169 Å². The number of carbonyl (C=O) groups is 8. The fraction of sp³-hybridized carbons (Fsp3) is 0.857. The third kappa shape index (κ3) is 75.5. The molecule has 24 nitrogen and oxygen atoms in total. The van der Waals surface area contributed by atoms with E-state index in [0.717, 1.165) is 88.2 Å². The lowest BCUT2D eigenvalue weighted by atomic mass is 10.3. The van der Waals surface area contributed by atoms with Gasteiger partial charge in [0.15, 0.2) is 0 Å². The van der Waals surface area contributed by atoms with Gasteiger partial charge in [0.1, 0.15) is 105 Å². The summed E-state index contributed by atoms with van der Waals surface area (Å²) < 4.78 is 46.4. The second-order valence-electron chi connectivity index (χ2n) is 27.9. The van der Waals surface area contributed by atoms with Gasteiger partial charge in [-0.15, -0.1) is 0 Å². The maximum atomic E-state index is 11.4. The number of hydrogen-bond donors (Lipinski definition) is 0. The molecule has 0 aliphatic carbocycles. The minimum Gasteiger partial charge on any atom is -0.460 e. The first-order valence-electron chi connectivity index (χ1n) is 27.7. The number of quaternary nitrogens is 8. The van der Waals surface area contributed by atoms with Crippen LogP contribution in [-0.4, -0.2) is 358 Å². The maximum Gasteiger partial charge on any atom is 0.306 e. The van der Waals surface area contributed by atoms with Gasteiger partial charge in [-0.1, -0.05) is 0 Å². The number of carbonyl (C=O) groups excluding carboxylic acids is 8. The van der Waals surface area contributed by atoms with Crippen LogP contribution in [0.15, 0.2) is 0 Å². The van der Waals surface area contributed by atoms with Crippen molar-refractivity contribution in [1.82, 2.24) is 0 Å². The summed E-state index contributed by atoms with van der Waals surface area (Å²) in [5, 5.41) is 0. The molecule has 0 spiro atoms. The zero-order valence-corrected chi connectivity index (χ0v) is 55.1. The minimum atomic E-state index is -0.345. The van der Waals surface area contributed by atoms with Crippen LogP contribution in [0.5, 0.6) is 0 Å². The molecule has 24 heteroatoms. The van der Waals surface area contributed by atoms with E-state index in [4.69, 9.17) is 37.9 Å². The molecule has 0 saturated carbocycles. The first kappa shape index (κ1) is 81.9. The summed E-state index contributed by atoms with van der Waals surface area (Å²) in [6.45, 7) is 8.99. The van der Waals surface area contributed by atoms with Crippen LogP contribution in [0.25, 0.3) is 0 Å². The molecule has 0 unspecified atom stereocenters. The van der Waals surface area contributed by atoms with E-state index in [-0.39, 0.29) is 99.1 Å². The van der Waals surface area contributed by atoms with Crippen molar-refractivity contribution >= 4 is 47.8 Å². The summed E-state index contributed by atoms with van der Waals surface area (Å²) in [5.74, 6) is -2.76. The van der Waals surface area contributed by atoms with Gasteiger partial charge in [-0.2, -0.15) is 0 Å². The van der Waals surface area contributed by atoms with Crippen LogP contribution in [-0.2, 0) is 76.3 Å². The molecular weight excluding hydrogens is 1040 g/mol. The van der Waals surface area contributed by atoms with Gasteiger partial charge in [0.25, 0.3) is 0 Å². The van der Waals surface area contributed by atoms with Crippen molar-refractivity contribution in [1.29, 1.82) is 0 Å². The Morgan fingerprint density at radius 1 is 0.175 bits per heavy atom. The fourth-order valence-electron chi connectivity index (χ4n) is 4.86. The topological polar surface area (TPSA) is 210 Å². The average molecular weight is 1160 g/mol. The number of likely N-dealkylation sites (N-methyl/N-ethyl adjacent to an activating group) is 8. The molecule has 0 rings (SSSR count). The molecule has 0 bridgehead atoms. The highest BCUT2D eigenvalue weighted by Crippen LogP contribution is 2.03. The number of ether oxygens (including phenoxy) is 8. The molecular formula is C56H120N8O16+8. The second-order valence-corrected chi connectivity index (χ2v) is 27.9. The summed E-state index contributed by atoms with van der Waals surface area (Å²) >= 11 is 0. The van der Waals surface area contributed by atoms with Crippen LogP contribution in [0.4, 0.5) is 0 Å². The monoisotopic (exact) mass is 1160 g/mol. The first-order valence-corrected chi connectivity index (χ1v) is 27.7. The lowest BCUT2D eigenvalue weighted by Crippen LogP contribution is -2.38. The van der Waals surface area contributed by atoms with Gasteiger partial charge >= 0.3 is 47.8 Å². The van der Waals surface area contributed by atoms with E-state index in [0.29, 0.717) is 52.9 Å². The third-order valence-corrected chi connectivity index (χ3v) is 10.3. The van der Waals surface area contributed by atoms with Gasteiger partial charge in [-0.3, -0.25) is 38.4 Å². The van der Waals surface area contributed by atoms with Crippen LogP contribution < -0.4 is 0 Å². The van der Waals surface area contributed by atoms with Gasteiger partial charge in [0, 0.05) is 0 Å². The van der Waals surface area contributed by atoms with E-state index >= 15 is 0 Å². The average Bonchev–Trinajstić information content (AvgIpc) is 3.23. The largest absolute Gasteiger partial charge is 0.460 e. The van der Waals surface area contributed by atoms with Crippen LogP contribution in [0.2, 0.25) is 0 Å². The van der Waals surface area contributed by atoms with E-state index in [9.17, 15) is 38.4 Å². The summed E-state index contributed by atoms with van der Waals surface area (Å²) in [5.41, 5.74) is 0. The Kier molecular flexibility index (Phi) is 41.6. The summed E-state index contributed by atoms with van der Waals surface area (Å²) in [4.78, 5) is 91.4. The number of esters is 8. The van der Waals surface area contributed by atoms with Crippen molar-refractivity contribution in [3.05, 3.63) is 0 Å². The molecule has 0 aliphatic heterocycles. The van der Waals surface area contributed by atoms with E-state index in [1.165, 1.54) is 0 Å². The Balaban J connectivity index is -0.000000481. The fourth-order valence-corrected chi connectivity index (χ4v) is 4.86. The molecule has 0 atom stereocenters. The van der Waals surface area contributed by atoms with Crippen LogP contribution in [0.3, 0.4) is 0 Å². The van der Waals surface area contributed by atoms with Gasteiger partial charge in [-0.25, -0.2) is 0 Å². The summed E-state index contributed by atoms with van der Waals surface area (Å²) in [6.07, 6.45) is 0.669. The lowest BCUT2D eigenvalue weighted by molar-refractivity contribution is -0.870. The van der Waals surface area contributed by atoms with Gasteiger partial charge in [-0.05, 0) is 0 Å². The highest BCUT2D eigenvalue weighted by Gasteiger charge is 2.18. The zero-order valence-electron chi connectivity index (χ0n) is 55.1. The molecule has 0 radical (unpaired) electrons. The van der Waals surface area contributed by atoms with Crippen molar-refractivity contribution in [3.8, 4) is 0 Å². The van der Waals surface area contributed by atoms with Crippen LogP contribution in [0.1, 0.15) is 51.4 Å². The Morgan fingerprint density at radius 2 is 0.250 bits per heavy atom. The molecule has 0 amide bonds. The number of rotatable bonds is 36. The molecule has 0 aromatic carbocycles. The smallest absolute Gasteiger partial charge is 0.306 e. The van der Waals surface area contributed by atoms with E-state index in [2.05, 4.69) is 0 Å². The number of nitrogens with zero attached hydrogens (tertiary/aromatic N) is 8. The Hall–Kier alpha value is -4.56. The predicted molar refractivity (Wildman–Crippen MR) is 308 cm³/mol. The van der Waals surface area contributed by atoms with Crippen molar-refractivity contribution < 1.29 is 112 Å². The maximum absolute atomic E-state index is 11.4. The van der Waals surface area contributed by atoms with Gasteiger partial charge in [0.2, 0.25) is 0 Å². The minimum absolute atomic E-state index is 0.0837. The second kappa shape index (κ2) is 40.6. The molecule has 0 aliphatic rings. The quantitative estimate of drug-likeness (QED) is 0.0488. The SMILES string of the molecule is C[N+](C)(C)CCOC(=O)CCC(=O)OCC[N+](C)(C)C.C[N+](C)(C)CCOC(=O)CCC(=O)OCC[N+](C)(C)C.C[N+](C)(C)CCOC(=O)CCC(=O)OCC[N+](C)(C)C.C[N+](C)(C)CCOC(=O)CCC(=O)OCC[N+](C)(C)C. The standard InChI is InChI=1S/4C14H30N2O4/c4*1-15(2,3)9-11-19-13(17)7-8-14(18)20-12-10-16(4,5)6/h4*7-12H2,1-6H3/q4*+2. The molecule has 0 aromatic rings. The third-order valence-electron chi connectivity index (χ3n) is 10.3. The molecule has 0 heterocycles. The van der Waals surface area contributed by atoms with Crippen molar-refractivity contribution in [3.63, 3.8) is 0 Å². The van der Waals surface area contributed by atoms with Crippen LogP contribution >= 0.6 is 0 Å². The molecule has 80 heavy (non-hydrogen) atoms. The molecule has 0 fully saturated rings. The van der Waals surface area contributed by atoms with E-state index in [1.54, 1.807) is 0 Å². The van der Waals surface area contributed by atoms with Gasteiger partial charge < -0.3 is 73.8 Å². The zero-order chi connectivity index (χ0) is 63.2. The van der Waals surface area contributed by atoms with Crippen LogP contribution in [0, 0.1) is 0 Å². The lowest BCUT2D eigenvalue weighted by Gasteiger charge is -2.23. The predicted octanol–water partition coefficient (Wildman–Crippen LogP) is 1.06. The Bertz CT molecular complexity index is 1390. The summed E-state index contributed by atoms with van der Waals surface area (Å²) in [6, 6.07) is 0. The van der Waals surface area contributed by atoms with Crippen molar-refractivity contribution in [2.75, 3.05) is 274 Å². The highest BCUT2D eigenvalue weighted by molar-refractivity contribution is 5.79. The molecule has 0 aromatic heterocycles. The van der Waals surface area contributed by atoms with Gasteiger partial charge in [0.05, 0.1) is 221 Å². The number of hydrogen-bond acceptors (Lipinski definition) is 16. The highest BCUT2D eigenvalue weighted by atomic mass is 16.6. The molecule has 472 valence electrons. The Labute approximate surface area is 484 Å². The van der Waals surface area contributed by atoms with Crippen molar-refractivity contribution in [2.45, 2.75) is 51.4 Å².